The zero-order valence-electron chi connectivity index (χ0n) is 11.2. The Labute approximate surface area is 127 Å². The second-order valence-corrected chi connectivity index (χ2v) is 6.14. The van der Waals surface area contributed by atoms with Crippen molar-refractivity contribution in [3.63, 3.8) is 0 Å². The maximum atomic E-state index is 12.5. The van der Waals surface area contributed by atoms with Gasteiger partial charge in [0.05, 0.1) is 5.56 Å². The Morgan fingerprint density at radius 3 is 2.77 bits per heavy atom. The number of alkyl halides is 3. The second-order valence-electron chi connectivity index (χ2n) is 5.02. The third kappa shape index (κ3) is 2.84. The molecule has 1 aliphatic heterocycles. The van der Waals surface area contributed by atoms with Crippen LogP contribution in [-0.4, -0.2) is 21.0 Å². The van der Waals surface area contributed by atoms with Crippen molar-refractivity contribution in [2.24, 2.45) is 0 Å². The predicted molar refractivity (Wildman–Crippen MR) is 73.5 cm³/mol. The summed E-state index contributed by atoms with van der Waals surface area (Å²) in [5.74, 6) is -0.990. The monoisotopic (exact) mass is 328 g/mol. The number of halogens is 3. The highest BCUT2D eigenvalue weighted by molar-refractivity contribution is 7.11. The zero-order chi connectivity index (χ0) is 15.9. The van der Waals surface area contributed by atoms with Gasteiger partial charge in [-0.3, -0.25) is 4.90 Å². The number of thiazole rings is 1. The fourth-order valence-electron chi connectivity index (χ4n) is 2.53. The van der Waals surface area contributed by atoms with Gasteiger partial charge in [0.1, 0.15) is 0 Å². The number of carboxylic acid groups (broad SMARTS) is 1. The van der Waals surface area contributed by atoms with Crippen molar-refractivity contribution in [1.29, 1.82) is 0 Å². The number of rotatable bonds is 3. The van der Waals surface area contributed by atoms with Gasteiger partial charge in [-0.2, -0.15) is 13.2 Å². The standard InChI is InChI=1S/C14H11F3N2O2S/c15-14(16,17)13-18-4-9(22-13)6-19-5-8-2-1-3-10(12(20)21)11(8)7-19/h1-4H,5-7H2,(H,20,21). The Morgan fingerprint density at radius 2 is 2.14 bits per heavy atom. The van der Waals surface area contributed by atoms with E-state index in [0.717, 1.165) is 11.1 Å². The molecule has 0 bridgehead atoms. The van der Waals surface area contributed by atoms with Crippen LogP contribution in [0.15, 0.2) is 24.4 Å². The van der Waals surface area contributed by atoms with E-state index in [1.807, 2.05) is 11.0 Å². The number of carboxylic acids is 1. The van der Waals surface area contributed by atoms with Gasteiger partial charge in [0.2, 0.25) is 0 Å². The molecular weight excluding hydrogens is 317 g/mol. The maximum Gasteiger partial charge on any atom is 0.443 e. The summed E-state index contributed by atoms with van der Waals surface area (Å²) in [6.07, 6.45) is -3.19. The molecule has 8 heteroatoms. The topological polar surface area (TPSA) is 53.4 Å². The Balaban J connectivity index is 1.76. The van der Waals surface area contributed by atoms with Gasteiger partial charge in [0.25, 0.3) is 0 Å². The smallest absolute Gasteiger partial charge is 0.443 e. The largest absolute Gasteiger partial charge is 0.478 e. The first-order valence-corrected chi connectivity index (χ1v) is 7.24. The molecule has 0 atom stereocenters. The third-order valence-corrected chi connectivity index (χ3v) is 4.48. The van der Waals surface area contributed by atoms with E-state index in [4.69, 9.17) is 5.11 Å². The number of hydrogen-bond donors (Lipinski definition) is 1. The fourth-order valence-corrected chi connectivity index (χ4v) is 3.36. The quantitative estimate of drug-likeness (QED) is 0.938. The van der Waals surface area contributed by atoms with Gasteiger partial charge in [0.15, 0.2) is 5.01 Å². The summed E-state index contributed by atoms with van der Waals surface area (Å²) in [6, 6.07) is 5.06. The third-order valence-electron chi connectivity index (χ3n) is 3.45. The average Bonchev–Trinajstić information content (AvgIpc) is 3.03. The molecule has 0 amide bonds. The summed E-state index contributed by atoms with van der Waals surface area (Å²) in [4.78, 5) is 17.0. The Bertz CT molecular complexity index is 727. The highest BCUT2D eigenvalue weighted by Crippen LogP contribution is 2.34. The highest BCUT2D eigenvalue weighted by atomic mass is 32.1. The van der Waals surface area contributed by atoms with Crippen LogP contribution in [0.3, 0.4) is 0 Å². The van der Waals surface area contributed by atoms with Crippen LogP contribution in [-0.2, 0) is 25.8 Å². The van der Waals surface area contributed by atoms with Crippen molar-refractivity contribution in [2.75, 3.05) is 0 Å². The molecule has 4 nitrogen and oxygen atoms in total. The SMILES string of the molecule is O=C(O)c1cccc2c1CN(Cc1cnc(C(F)(F)F)s1)C2. The number of aromatic carboxylic acids is 1. The molecule has 0 saturated carbocycles. The van der Waals surface area contributed by atoms with E-state index in [1.54, 1.807) is 12.1 Å². The summed E-state index contributed by atoms with van der Waals surface area (Å²) >= 11 is 0.622. The van der Waals surface area contributed by atoms with Crippen LogP contribution in [0.4, 0.5) is 13.2 Å². The van der Waals surface area contributed by atoms with E-state index in [0.29, 0.717) is 35.8 Å². The molecule has 3 rings (SSSR count). The van der Waals surface area contributed by atoms with Gasteiger partial charge in [-0.1, -0.05) is 12.1 Å². The minimum Gasteiger partial charge on any atom is -0.478 e. The van der Waals surface area contributed by atoms with Gasteiger partial charge in [-0.15, -0.1) is 11.3 Å². The van der Waals surface area contributed by atoms with Crippen LogP contribution in [0.25, 0.3) is 0 Å². The molecule has 116 valence electrons. The number of hydrogen-bond acceptors (Lipinski definition) is 4. The first kappa shape index (κ1) is 15.0. The number of fused-ring (bicyclic) bond motifs is 1. The fraction of sp³-hybridized carbons (Fsp3) is 0.286. The van der Waals surface area contributed by atoms with Crippen molar-refractivity contribution >= 4 is 17.3 Å². The van der Waals surface area contributed by atoms with Crippen molar-refractivity contribution in [3.8, 4) is 0 Å². The predicted octanol–water partition coefficient (Wildman–Crippen LogP) is 3.38. The normalized spacial score (nSPS) is 15.0. The highest BCUT2D eigenvalue weighted by Gasteiger charge is 2.35. The maximum absolute atomic E-state index is 12.5. The van der Waals surface area contributed by atoms with Crippen LogP contribution in [0.5, 0.6) is 0 Å². The average molecular weight is 328 g/mol. The van der Waals surface area contributed by atoms with Gasteiger partial charge in [0, 0.05) is 30.7 Å². The van der Waals surface area contributed by atoms with Gasteiger partial charge in [-0.05, 0) is 17.2 Å². The van der Waals surface area contributed by atoms with Crippen LogP contribution >= 0.6 is 11.3 Å². The lowest BCUT2D eigenvalue weighted by atomic mass is 10.0. The van der Waals surface area contributed by atoms with Gasteiger partial charge < -0.3 is 5.11 Å². The summed E-state index contributed by atoms with van der Waals surface area (Å²) < 4.78 is 37.6. The lowest BCUT2D eigenvalue weighted by Gasteiger charge is -2.12. The molecule has 1 aromatic carbocycles. The van der Waals surface area contributed by atoms with Crippen LogP contribution in [0.2, 0.25) is 0 Å². The van der Waals surface area contributed by atoms with E-state index >= 15 is 0 Å². The molecule has 0 radical (unpaired) electrons. The number of aromatic nitrogens is 1. The molecule has 0 aliphatic carbocycles. The van der Waals surface area contributed by atoms with Crippen LogP contribution in [0.1, 0.15) is 31.4 Å². The summed E-state index contributed by atoms with van der Waals surface area (Å²) in [5, 5.41) is 8.31. The van der Waals surface area contributed by atoms with Crippen molar-refractivity contribution in [1.82, 2.24) is 9.88 Å². The molecular formula is C14H11F3N2O2S. The van der Waals surface area contributed by atoms with Gasteiger partial charge >= 0.3 is 12.1 Å². The summed E-state index contributed by atoms with van der Waals surface area (Å²) in [6.45, 7) is 1.26. The molecule has 1 N–H and O–H groups in total. The van der Waals surface area contributed by atoms with Gasteiger partial charge in [-0.25, -0.2) is 9.78 Å². The minimum atomic E-state index is -4.42. The molecule has 22 heavy (non-hydrogen) atoms. The molecule has 0 saturated heterocycles. The molecule has 2 heterocycles. The lowest BCUT2D eigenvalue weighted by molar-refractivity contribution is -0.137. The zero-order valence-corrected chi connectivity index (χ0v) is 12.0. The molecule has 0 fully saturated rings. The van der Waals surface area contributed by atoms with E-state index in [2.05, 4.69) is 4.98 Å². The number of benzene rings is 1. The van der Waals surface area contributed by atoms with Crippen molar-refractivity contribution < 1.29 is 23.1 Å². The Hall–Kier alpha value is -1.93. The molecule has 0 spiro atoms. The second kappa shape index (κ2) is 5.36. The molecule has 0 unspecified atom stereocenters. The first-order chi connectivity index (χ1) is 10.3. The number of carbonyl (C=O) groups is 1. The Morgan fingerprint density at radius 1 is 1.36 bits per heavy atom. The van der Waals surface area contributed by atoms with Crippen molar-refractivity contribution in [3.05, 3.63) is 51.0 Å². The lowest BCUT2D eigenvalue weighted by Crippen LogP contribution is -2.15. The summed E-state index contributed by atoms with van der Waals surface area (Å²) in [5.41, 5.74) is 1.89. The van der Waals surface area contributed by atoms with Crippen LogP contribution in [0, 0.1) is 0 Å². The van der Waals surface area contributed by atoms with E-state index in [1.165, 1.54) is 6.20 Å². The van der Waals surface area contributed by atoms with E-state index in [9.17, 15) is 18.0 Å². The molecule has 1 aromatic heterocycles. The first-order valence-electron chi connectivity index (χ1n) is 6.43. The molecule has 2 aromatic rings. The molecule has 1 aliphatic rings. The Kier molecular flexibility index (Phi) is 3.65. The van der Waals surface area contributed by atoms with Crippen molar-refractivity contribution in [2.45, 2.75) is 25.8 Å². The minimum absolute atomic E-state index is 0.250. The van der Waals surface area contributed by atoms with E-state index in [-0.39, 0.29) is 5.56 Å². The van der Waals surface area contributed by atoms with E-state index < -0.39 is 17.2 Å². The summed E-state index contributed by atoms with van der Waals surface area (Å²) in [7, 11) is 0. The number of nitrogens with zero attached hydrogens (tertiary/aromatic N) is 2. The van der Waals surface area contributed by atoms with Crippen LogP contribution < -0.4 is 0 Å².